The fraction of sp³-hybridized carbons (Fsp3) is 0.500. The predicted octanol–water partition coefficient (Wildman–Crippen LogP) is 3.05. The van der Waals surface area contributed by atoms with Gasteiger partial charge in [-0.1, -0.05) is 0 Å². The Morgan fingerprint density at radius 3 is 2.44 bits per heavy atom. The van der Waals surface area contributed by atoms with Gasteiger partial charge in [-0.3, -0.25) is 10.1 Å². The Labute approximate surface area is 102 Å². The molecule has 18 heavy (non-hydrogen) atoms. The van der Waals surface area contributed by atoms with Crippen LogP contribution in [0.2, 0.25) is 0 Å². The maximum atomic E-state index is 13.6. The van der Waals surface area contributed by atoms with E-state index in [1.54, 1.807) is 0 Å². The number of rotatable bonds is 3. The second kappa shape index (κ2) is 3.90. The molecule has 2 atom stereocenters. The van der Waals surface area contributed by atoms with Crippen LogP contribution in [0.3, 0.4) is 0 Å². The lowest BCUT2D eigenvalue weighted by Gasteiger charge is -2.15. The first kappa shape index (κ1) is 11.4. The highest BCUT2D eigenvalue weighted by Crippen LogP contribution is 2.52. The number of ether oxygens (including phenoxy) is 1. The highest BCUT2D eigenvalue weighted by Gasteiger charge is 2.47. The van der Waals surface area contributed by atoms with E-state index < -0.39 is 22.2 Å². The summed E-state index contributed by atoms with van der Waals surface area (Å²) in [5.74, 6) is -1.63. The average molecular weight is 255 g/mol. The van der Waals surface area contributed by atoms with Gasteiger partial charge in [0.25, 0.3) is 0 Å². The van der Waals surface area contributed by atoms with Gasteiger partial charge in [-0.05, 0) is 37.2 Å². The largest absolute Gasteiger partial charge is 0.487 e. The third-order valence-electron chi connectivity index (χ3n) is 3.72. The number of nitro benzene ring substituents is 1. The van der Waals surface area contributed by atoms with Crippen LogP contribution < -0.4 is 4.74 Å². The molecule has 2 aliphatic rings. The van der Waals surface area contributed by atoms with Crippen molar-refractivity contribution in [2.45, 2.75) is 25.4 Å². The van der Waals surface area contributed by atoms with E-state index in [0.717, 1.165) is 25.0 Å². The monoisotopic (exact) mass is 255 g/mol. The maximum Gasteiger partial charge on any atom is 0.308 e. The molecule has 1 aromatic rings. The molecular formula is C12H11F2NO3. The summed E-state index contributed by atoms with van der Waals surface area (Å²) in [7, 11) is 0. The van der Waals surface area contributed by atoms with E-state index in [0.29, 0.717) is 11.8 Å². The number of hydrogen-bond donors (Lipinski definition) is 0. The molecule has 96 valence electrons. The van der Waals surface area contributed by atoms with E-state index in [2.05, 4.69) is 0 Å². The van der Waals surface area contributed by atoms with Crippen molar-refractivity contribution in [2.24, 2.45) is 11.8 Å². The van der Waals surface area contributed by atoms with Crippen LogP contribution in [0.5, 0.6) is 5.75 Å². The molecule has 0 N–H and O–H groups in total. The lowest BCUT2D eigenvalue weighted by Crippen LogP contribution is -2.15. The summed E-state index contributed by atoms with van der Waals surface area (Å²) >= 11 is 0. The quantitative estimate of drug-likeness (QED) is 0.616. The van der Waals surface area contributed by atoms with Gasteiger partial charge in [0.05, 0.1) is 11.0 Å². The van der Waals surface area contributed by atoms with E-state index >= 15 is 0 Å². The fourth-order valence-electron chi connectivity index (χ4n) is 2.69. The van der Waals surface area contributed by atoms with E-state index in [4.69, 9.17) is 4.74 Å². The zero-order chi connectivity index (χ0) is 12.9. The van der Waals surface area contributed by atoms with Crippen molar-refractivity contribution >= 4 is 5.69 Å². The summed E-state index contributed by atoms with van der Waals surface area (Å²) in [6.45, 7) is 0. The Morgan fingerprint density at radius 1 is 1.17 bits per heavy atom. The predicted molar refractivity (Wildman–Crippen MR) is 58.3 cm³/mol. The summed E-state index contributed by atoms with van der Waals surface area (Å²) in [6, 6.07) is 2.06. The number of halogens is 2. The SMILES string of the molecule is O=[N+]([O-])c1ccc(OC2CC3CC3C2)c(F)c1F. The third-order valence-corrected chi connectivity index (χ3v) is 3.72. The van der Waals surface area contributed by atoms with Gasteiger partial charge in [0.15, 0.2) is 5.75 Å². The van der Waals surface area contributed by atoms with Crippen LogP contribution in [-0.2, 0) is 0 Å². The highest BCUT2D eigenvalue weighted by atomic mass is 19.2. The van der Waals surface area contributed by atoms with Gasteiger partial charge in [-0.15, -0.1) is 0 Å². The molecule has 0 aliphatic heterocycles. The first-order valence-corrected chi connectivity index (χ1v) is 5.85. The van der Waals surface area contributed by atoms with Gasteiger partial charge in [-0.2, -0.15) is 8.78 Å². The number of hydrogen-bond acceptors (Lipinski definition) is 3. The Balaban J connectivity index is 1.80. The molecule has 2 saturated carbocycles. The molecular weight excluding hydrogens is 244 g/mol. The third kappa shape index (κ3) is 1.81. The van der Waals surface area contributed by atoms with Gasteiger partial charge < -0.3 is 4.74 Å². The van der Waals surface area contributed by atoms with Crippen molar-refractivity contribution in [3.63, 3.8) is 0 Å². The molecule has 0 amide bonds. The molecule has 4 nitrogen and oxygen atoms in total. The van der Waals surface area contributed by atoms with Crippen LogP contribution in [0.25, 0.3) is 0 Å². The number of nitrogens with zero attached hydrogens (tertiary/aromatic N) is 1. The first-order valence-electron chi connectivity index (χ1n) is 5.85. The first-order chi connectivity index (χ1) is 8.56. The van der Waals surface area contributed by atoms with Gasteiger partial charge in [0.2, 0.25) is 11.6 Å². The molecule has 0 saturated heterocycles. The van der Waals surface area contributed by atoms with Crippen molar-refractivity contribution in [1.29, 1.82) is 0 Å². The topological polar surface area (TPSA) is 52.4 Å². The fourth-order valence-corrected chi connectivity index (χ4v) is 2.69. The zero-order valence-corrected chi connectivity index (χ0v) is 9.44. The lowest BCUT2D eigenvalue weighted by molar-refractivity contribution is -0.387. The number of fused-ring (bicyclic) bond motifs is 1. The highest BCUT2D eigenvalue weighted by molar-refractivity contribution is 5.39. The Morgan fingerprint density at radius 2 is 1.83 bits per heavy atom. The van der Waals surface area contributed by atoms with E-state index in [1.807, 2.05) is 0 Å². The van der Waals surface area contributed by atoms with Crippen LogP contribution in [-0.4, -0.2) is 11.0 Å². The maximum absolute atomic E-state index is 13.6. The number of benzene rings is 1. The van der Waals surface area contributed by atoms with Gasteiger partial charge in [-0.25, -0.2) is 0 Å². The summed E-state index contributed by atoms with van der Waals surface area (Å²) in [4.78, 5) is 9.49. The minimum atomic E-state index is -1.46. The molecule has 2 aliphatic carbocycles. The molecule has 0 aromatic heterocycles. The zero-order valence-electron chi connectivity index (χ0n) is 9.44. The summed E-state index contributed by atoms with van der Waals surface area (Å²) in [5, 5.41) is 10.4. The molecule has 0 bridgehead atoms. The standard InChI is InChI=1S/C12H11F2NO3/c13-11-9(15(16)17)1-2-10(12(11)14)18-8-4-6-3-7(6)5-8/h1-2,6-8H,3-5H2. The van der Waals surface area contributed by atoms with Gasteiger partial charge in [0, 0.05) is 6.07 Å². The summed E-state index contributed by atoms with van der Waals surface area (Å²) in [6.07, 6.45) is 2.84. The van der Waals surface area contributed by atoms with Crippen molar-refractivity contribution in [3.8, 4) is 5.75 Å². The van der Waals surface area contributed by atoms with E-state index in [-0.39, 0.29) is 11.9 Å². The van der Waals surface area contributed by atoms with Crippen LogP contribution in [0.15, 0.2) is 12.1 Å². The molecule has 0 radical (unpaired) electrons. The van der Waals surface area contributed by atoms with Crippen molar-refractivity contribution in [2.75, 3.05) is 0 Å². The van der Waals surface area contributed by atoms with E-state index in [1.165, 1.54) is 6.42 Å². The second-order valence-corrected chi connectivity index (χ2v) is 4.94. The molecule has 0 heterocycles. The van der Waals surface area contributed by atoms with Gasteiger partial charge >= 0.3 is 5.69 Å². The molecule has 3 rings (SSSR count). The average Bonchev–Trinajstić information content (AvgIpc) is 2.93. The molecule has 2 fully saturated rings. The smallest absolute Gasteiger partial charge is 0.308 e. The van der Waals surface area contributed by atoms with Gasteiger partial charge in [0.1, 0.15) is 0 Å². The van der Waals surface area contributed by atoms with Crippen molar-refractivity contribution in [3.05, 3.63) is 33.9 Å². The molecule has 1 aromatic carbocycles. The van der Waals surface area contributed by atoms with Crippen LogP contribution in [0.4, 0.5) is 14.5 Å². The lowest BCUT2D eigenvalue weighted by atomic mass is 10.2. The number of nitro groups is 1. The van der Waals surface area contributed by atoms with Crippen molar-refractivity contribution in [1.82, 2.24) is 0 Å². The van der Waals surface area contributed by atoms with Crippen LogP contribution >= 0.6 is 0 Å². The molecule has 6 heteroatoms. The molecule has 0 spiro atoms. The minimum absolute atomic E-state index is 0.0934. The normalized spacial score (nSPS) is 28.9. The molecule has 2 unspecified atom stereocenters. The Bertz CT molecular complexity index is 510. The van der Waals surface area contributed by atoms with Crippen LogP contribution in [0.1, 0.15) is 19.3 Å². The van der Waals surface area contributed by atoms with E-state index in [9.17, 15) is 18.9 Å². The second-order valence-electron chi connectivity index (χ2n) is 4.94. The Kier molecular flexibility index (Phi) is 2.46. The van der Waals surface area contributed by atoms with Crippen molar-refractivity contribution < 1.29 is 18.4 Å². The summed E-state index contributed by atoms with van der Waals surface area (Å²) < 4.78 is 32.3. The van der Waals surface area contributed by atoms with Crippen LogP contribution in [0, 0.1) is 33.6 Å². The minimum Gasteiger partial charge on any atom is -0.487 e. The summed E-state index contributed by atoms with van der Waals surface area (Å²) in [5.41, 5.74) is -0.867. The Hall–Kier alpha value is -1.72.